The quantitative estimate of drug-likeness (QED) is 0.0867. The number of phenolic OH excluding ortho intramolecular Hbond substituents is 2. The number of carboxylic acids is 1. The van der Waals surface area contributed by atoms with Crippen molar-refractivity contribution >= 4 is 54.3 Å². The molecule has 1 fully saturated rings. The molecule has 0 radical (unpaired) electrons. The molecule has 6 amide bonds. The molecule has 2 aromatic carbocycles. The second-order valence-electron chi connectivity index (χ2n) is 10.6. The number of aliphatic hydroxyl groups is 1. The second kappa shape index (κ2) is 14.3. The van der Waals surface area contributed by atoms with E-state index in [1.807, 2.05) is 0 Å². The molecule has 2 aliphatic rings. The van der Waals surface area contributed by atoms with Gasteiger partial charge in [-0.1, -0.05) is 17.7 Å². The van der Waals surface area contributed by atoms with Gasteiger partial charge in [0.15, 0.2) is 11.5 Å². The molecule has 1 unspecified atom stereocenters. The molecular weight excluding hydrogens is 671 g/mol. The van der Waals surface area contributed by atoms with Crippen LogP contribution in [0.4, 0.5) is 13.6 Å². The van der Waals surface area contributed by atoms with Crippen LogP contribution in [0.5, 0.6) is 17.2 Å². The van der Waals surface area contributed by atoms with E-state index in [2.05, 4.69) is 16.0 Å². The summed E-state index contributed by atoms with van der Waals surface area (Å²) in [5.41, 5.74) is -1.45. The Bertz CT molecular complexity index is 1700. The van der Waals surface area contributed by atoms with Crippen LogP contribution in [0.1, 0.15) is 33.2 Å². The number of fused-ring (bicyclic) bond motifs is 1. The summed E-state index contributed by atoms with van der Waals surface area (Å²) in [6, 6.07) is -0.411. The van der Waals surface area contributed by atoms with Crippen molar-refractivity contribution < 1.29 is 67.7 Å². The molecule has 48 heavy (non-hydrogen) atoms. The number of rotatable bonds is 9. The van der Waals surface area contributed by atoms with Crippen molar-refractivity contribution in [1.29, 1.82) is 0 Å². The van der Waals surface area contributed by atoms with Crippen LogP contribution in [0.3, 0.4) is 0 Å². The molecular formula is C27H27BClF2N5O12. The summed E-state index contributed by atoms with van der Waals surface area (Å²) in [6.07, 6.45) is -1.79. The first-order chi connectivity index (χ1) is 22.5. The Morgan fingerprint density at radius 3 is 2.44 bits per heavy atom. The van der Waals surface area contributed by atoms with Crippen molar-refractivity contribution in [3.05, 3.63) is 51.5 Å². The number of nitrogens with zero attached hydrogens (tertiary/aromatic N) is 2. The lowest BCUT2D eigenvalue weighted by Crippen LogP contribution is -2.64. The molecule has 21 heteroatoms. The van der Waals surface area contributed by atoms with E-state index in [1.165, 1.54) is 6.07 Å². The largest absolute Gasteiger partial charge is 0.547 e. The number of carbonyl (C=O) groups excluding carboxylic acids is 5. The van der Waals surface area contributed by atoms with Gasteiger partial charge in [0.1, 0.15) is 34.0 Å². The molecule has 2 aliphatic heterocycles. The van der Waals surface area contributed by atoms with E-state index in [-0.39, 0.29) is 38.2 Å². The molecule has 0 spiro atoms. The summed E-state index contributed by atoms with van der Waals surface area (Å²) in [6.45, 7) is -0.0617. The minimum atomic E-state index is -1.85. The standard InChI is InChI=1S/C27H27BClF2N5O12/c1-10(37)19(23(41)33-15-8-11-2-3-12(30)17(26(44)45)21(11)48-28(15)47)34-27(46)36-7-6-35(24(42)25(36)43)5-4-32-22(40)16-13(31)9-14(38)20(39)18(16)29/h2-3,9-10,15,19,37-39,47H,4-8H2,1H3,(H,32,40)(H,33,41)(H,34,46)(H,44,45)/t10-,15?,19-/m1/s1. The van der Waals surface area contributed by atoms with Gasteiger partial charge in [-0.05, 0) is 25.0 Å². The Morgan fingerprint density at radius 2 is 1.79 bits per heavy atom. The minimum Gasteiger partial charge on any atom is -0.534 e. The van der Waals surface area contributed by atoms with E-state index in [9.17, 15) is 63.0 Å². The van der Waals surface area contributed by atoms with Crippen molar-refractivity contribution in [2.24, 2.45) is 0 Å². The van der Waals surface area contributed by atoms with Gasteiger partial charge in [-0.3, -0.25) is 24.1 Å². The summed E-state index contributed by atoms with van der Waals surface area (Å²) < 4.78 is 33.3. The molecule has 4 rings (SSSR count). The molecule has 0 aromatic heterocycles. The Labute approximate surface area is 274 Å². The zero-order valence-corrected chi connectivity index (χ0v) is 25.5. The lowest BCUT2D eigenvalue weighted by molar-refractivity contribution is -0.153. The van der Waals surface area contributed by atoms with E-state index in [0.29, 0.717) is 11.0 Å². The van der Waals surface area contributed by atoms with Crippen LogP contribution in [-0.4, -0.2) is 122 Å². The monoisotopic (exact) mass is 697 g/mol. The highest BCUT2D eigenvalue weighted by Gasteiger charge is 2.42. The number of piperazine rings is 1. The van der Waals surface area contributed by atoms with E-state index in [0.717, 1.165) is 17.9 Å². The minimum absolute atomic E-state index is 0.138. The van der Waals surface area contributed by atoms with Crippen molar-refractivity contribution in [2.45, 2.75) is 31.4 Å². The highest BCUT2D eigenvalue weighted by atomic mass is 35.5. The molecule has 256 valence electrons. The van der Waals surface area contributed by atoms with Gasteiger partial charge < -0.3 is 51.0 Å². The second-order valence-corrected chi connectivity index (χ2v) is 11.0. The number of carboxylic acid groups (broad SMARTS) is 1. The third-order valence-corrected chi connectivity index (χ3v) is 7.79. The molecule has 2 heterocycles. The average molecular weight is 698 g/mol. The maximum absolute atomic E-state index is 14.1. The lowest BCUT2D eigenvalue weighted by Gasteiger charge is -2.34. The first-order valence-electron chi connectivity index (χ1n) is 14.0. The Kier molecular flexibility index (Phi) is 10.6. The fraction of sp³-hybridized carbons (Fsp3) is 0.333. The van der Waals surface area contributed by atoms with Gasteiger partial charge in [0.25, 0.3) is 5.91 Å². The fourth-order valence-electron chi connectivity index (χ4n) is 4.93. The van der Waals surface area contributed by atoms with Crippen LogP contribution in [-0.2, 0) is 20.8 Å². The normalized spacial score (nSPS) is 17.2. The van der Waals surface area contributed by atoms with E-state index in [1.54, 1.807) is 0 Å². The number of phenols is 2. The number of aromatic carboxylic acids is 1. The SMILES string of the molecule is C[C@@H](O)[C@@H](NC(=O)N1CCN(CCNC(=O)c2c(F)cc(O)c(O)c2Cl)C(=O)C1=O)C(=O)NC1Cc2ccc(F)c(C(=O)O)c2OB1O. The molecule has 3 atom stereocenters. The predicted octanol–water partition coefficient (Wildman–Crippen LogP) is -1.27. The molecule has 0 saturated carbocycles. The molecule has 8 N–H and O–H groups in total. The molecule has 0 aliphatic carbocycles. The summed E-state index contributed by atoms with van der Waals surface area (Å²) in [7, 11) is -1.85. The van der Waals surface area contributed by atoms with Gasteiger partial charge in [0.2, 0.25) is 5.91 Å². The summed E-state index contributed by atoms with van der Waals surface area (Å²) in [5, 5.41) is 54.9. The fourth-order valence-corrected chi connectivity index (χ4v) is 5.20. The van der Waals surface area contributed by atoms with Crippen molar-refractivity contribution in [3.8, 4) is 17.2 Å². The molecule has 17 nitrogen and oxygen atoms in total. The smallest absolute Gasteiger partial charge is 0.534 e. The van der Waals surface area contributed by atoms with E-state index < -0.39 is 106 Å². The van der Waals surface area contributed by atoms with Crippen molar-refractivity contribution in [1.82, 2.24) is 25.8 Å². The number of aromatic hydroxyl groups is 2. The first-order valence-corrected chi connectivity index (χ1v) is 14.4. The number of carbonyl (C=O) groups is 6. The Balaban J connectivity index is 1.33. The number of aliphatic hydroxyl groups excluding tert-OH is 1. The molecule has 1 saturated heterocycles. The number of hydrogen-bond acceptors (Lipinski definition) is 11. The maximum Gasteiger partial charge on any atom is 0.547 e. The number of hydrogen-bond donors (Lipinski definition) is 8. The van der Waals surface area contributed by atoms with Crippen LogP contribution in [0.25, 0.3) is 0 Å². The van der Waals surface area contributed by atoms with Gasteiger partial charge in [-0.25, -0.2) is 18.4 Å². The highest BCUT2D eigenvalue weighted by molar-refractivity contribution is 6.47. The van der Waals surface area contributed by atoms with Crippen LogP contribution >= 0.6 is 11.6 Å². The Morgan fingerprint density at radius 1 is 1.10 bits per heavy atom. The van der Waals surface area contributed by atoms with Crippen LogP contribution in [0.15, 0.2) is 18.2 Å². The van der Waals surface area contributed by atoms with Crippen molar-refractivity contribution in [3.63, 3.8) is 0 Å². The Hall–Kier alpha value is -5.21. The van der Waals surface area contributed by atoms with Gasteiger partial charge in [0.05, 0.1) is 17.6 Å². The van der Waals surface area contributed by atoms with Gasteiger partial charge >= 0.3 is 30.9 Å². The molecule has 0 bridgehead atoms. The molecule has 2 aromatic rings. The summed E-state index contributed by atoms with van der Waals surface area (Å²) in [5.74, 6) is -12.1. The number of amides is 6. The number of halogens is 3. The van der Waals surface area contributed by atoms with E-state index in [4.69, 9.17) is 16.3 Å². The van der Waals surface area contributed by atoms with Crippen LogP contribution in [0.2, 0.25) is 5.02 Å². The topological polar surface area (TPSA) is 255 Å². The highest BCUT2D eigenvalue weighted by Crippen LogP contribution is 2.37. The van der Waals surface area contributed by atoms with Gasteiger partial charge in [-0.2, -0.15) is 0 Å². The van der Waals surface area contributed by atoms with Gasteiger partial charge in [0, 0.05) is 32.2 Å². The summed E-state index contributed by atoms with van der Waals surface area (Å²) in [4.78, 5) is 76.7. The number of imide groups is 1. The van der Waals surface area contributed by atoms with Crippen LogP contribution < -0.4 is 20.6 Å². The maximum atomic E-state index is 14.1. The lowest BCUT2D eigenvalue weighted by atomic mass is 9.72. The predicted molar refractivity (Wildman–Crippen MR) is 157 cm³/mol. The number of benzene rings is 2. The third-order valence-electron chi connectivity index (χ3n) is 7.42. The first kappa shape index (κ1) is 35.6. The number of urea groups is 1. The van der Waals surface area contributed by atoms with Crippen molar-refractivity contribution in [2.75, 3.05) is 26.2 Å². The zero-order chi connectivity index (χ0) is 35.6. The summed E-state index contributed by atoms with van der Waals surface area (Å²) >= 11 is 5.73. The average Bonchev–Trinajstić information content (AvgIpc) is 3.00. The van der Waals surface area contributed by atoms with Crippen LogP contribution in [0, 0.1) is 11.6 Å². The zero-order valence-electron chi connectivity index (χ0n) is 24.7. The number of nitrogens with one attached hydrogen (secondary N) is 3. The van der Waals surface area contributed by atoms with E-state index >= 15 is 0 Å². The third kappa shape index (κ3) is 7.19. The van der Waals surface area contributed by atoms with Gasteiger partial charge in [-0.15, -0.1) is 0 Å².